The second-order valence-electron chi connectivity index (χ2n) is 6.65. The van der Waals surface area contributed by atoms with Crippen molar-refractivity contribution in [3.63, 3.8) is 0 Å². The Labute approximate surface area is 183 Å². The van der Waals surface area contributed by atoms with Gasteiger partial charge >= 0.3 is 0 Å². The van der Waals surface area contributed by atoms with Crippen LogP contribution in [0.15, 0.2) is 65.2 Å². The molecule has 1 aliphatic heterocycles. The van der Waals surface area contributed by atoms with E-state index in [1.165, 1.54) is 31.7 Å². The molecule has 30 heavy (non-hydrogen) atoms. The predicted octanol–water partition coefficient (Wildman–Crippen LogP) is 7.83. The van der Waals surface area contributed by atoms with Crippen LogP contribution in [0.5, 0.6) is 0 Å². The van der Waals surface area contributed by atoms with Crippen LogP contribution < -0.4 is 0 Å². The van der Waals surface area contributed by atoms with Crippen LogP contribution in [0.2, 0.25) is 0 Å². The molecule has 2 aliphatic rings. The van der Waals surface area contributed by atoms with Crippen LogP contribution in [0.4, 0.5) is 0 Å². The van der Waals surface area contributed by atoms with E-state index < -0.39 is 0 Å². The Hall–Kier alpha value is -2.96. The van der Waals surface area contributed by atoms with E-state index in [2.05, 4.69) is 65.7 Å². The molecule has 2 heterocycles. The first-order valence-corrected chi connectivity index (χ1v) is 11.6. The van der Waals surface area contributed by atoms with E-state index in [9.17, 15) is 0 Å². The summed E-state index contributed by atoms with van der Waals surface area (Å²) in [5.41, 5.74) is 6.55. The molecule has 152 valence electrons. The molecule has 2 nitrogen and oxygen atoms in total. The first-order valence-electron chi connectivity index (χ1n) is 10.8. The summed E-state index contributed by atoms with van der Waals surface area (Å²) in [5.74, 6) is 0. The molecular formula is C27H28N2S. The van der Waals surface area contributed by atoms with Crippen molar-refractivity contribution in [1.29, 1.82) is 5.26 Å². The highest BCUT2D eigenvalue weighted by atomic mass is 32.1. The van der Waals surface area contributed by atoms with E-state index in [-0.39, 0.29) is 0 Å². The maximum atomic E-state index is 8.98. The van der Waals surface area contributed by atoms with Crippen LogP contribution in [-0.4, -0.2) is 12.3 Å². The van der Waals surface area contributed by atoms with E-state index in [1.54, 1.807) is 0 Å². The van der Waals surface area contributed by atoms with Crippen molar-refractivity contribution < 1.29 is 0 Å². The van der Waals surface area contributed by atoms with Gasteiger partial charge in [0.2, 0.25) is 0 Å². The highest BCUT2D eigenvalue weighted by Gasteiger charge is 2.14. The number of nitrogens with zero attached hydrogens (tertiary/aromatic N) is 2. The highest BCUT2D eigenvalue weighted by molar-refractivity contribution is 7.19. The van der Waals surface area contributed by atoms with E-state index >= 15 is 0 Å². The van der Waals surface area contributed by atoms with Gasteiger partial charge in [0.15, 0.2) is 0 Å². The van der Waals surface area contributed by atoms with Crippen molar-refractivity contribution in [2.75, 3.05) is 6.54 Å². The molecule has 1 aromatic heterocycles. The first-order chi connectivity index (χ1) is 14.8. The molecule has 0 atom stereocenters. The zero-order valence-corrected chi connectivity index (χ0v) is 19.0. The van der Waals surface area contributed by atoms with E-state index in [0.29, 0.717) is 6.54 Å². The minimum Gasteiger partial charge on any atom is -0.279 e. The summed E-state index contributed by atoms with van der Waals surface area (Å²) >= 11 is 1.93. The van der Waals surface area contributed by atoms with Gasteiger partial charge in [-0.3, -0.25) is 4.99 Å². The average molecular weight is 413 g/mol. The molecule has 0 N–H and O–H groups in total. The lowest BCUT2D eigenvalue weighted by Gasteiger charge is -2.06. The van der Waals surface area contributed by atoms with Crippen LogP contribution in [0.25, 0.3) is 27.3 Å². The average Bonchev–Trinajstić information content (AvgIpc) is 3.46. The first kappa shape index (κ1) is 21.7. The van der Waals surface area contributed by atoms with Crippen molar-refractivity contribution in [3.05, 3.63) is 76.2 Å². The normalized spacial score (nSPS) is 13.8. The van der Waals surface area contributed by atoms with Gasteiger partial charge in [-0.1, -0.05) is 70.2 Å². The monoisotopic (exact) mass is 412 g/mol. The summed E-state index contributed by atoms with van der Waals surface area (Å²) in [6.45, 7) is 8.50. The minimum absolute atomic E-state index is 0.501. The number of benzene rings is 2. The van der Waals surface area contributed by atoms with Gasteiger partial charge in [-0.15, -0.1) is 11.3 Å². The fraction of sp³-hybridized carbons (Fsp3) is 0.259. The topological polar surface area (TPSA) is 36.1 Å². The standard InChI is InChI=1S/C23H16N2S.2C2H6/c24-13-15-11-21(25-14-15)17-7-5-16(6-8-17)18-9-10-23-20(12-18)19-3-1-2-4-22(19)26-23;2*1-2/h1,3,5-12H,2,4,14H2;2*1-2H3. The van der Waals surface area contributed by atoms with Gasteiger partial charge in [-0.2, -0.15) is 5.26 Å². The highest BCUT2D eigenvalue weighted by Crippen LogP contribution is 2.37. The van der Waals surface area contributed by atoms with Gasteiger partial charge in [0.05, 0.1) is 23.9 Å². The van der Waals surface area contributed by atoms with Crippen molar-refractivity contribution in [3.8, 4) is 17.2 Å². The molecule has 1 aliphatic carbocycles. The summed E-state index contributed by atoms with van der Waals surface area (Å²) in [4.78, 5) is 5.95. The van der Waals surface area contributed by atoms with Crippen molar-refractivity contribution >= 4 is 33.2 Å². The summed E-state index contributed by atoms with van der Waals surface area (Å²) in [7, 11) is 0. The molecule has 0 bridgehead atoms. The molecule has 0 fully saturated rings. The van der Waals surface area contributed by atoms with E-state index in [1.807, 2.05) is 45.1 Å². The Morgan fingerprint density at radius 2 is 1.63 bits per heavy atom. The Morgan fingerprint density at radius 1 is 0.933 bits per heavy atom. The molecule has 5 rings (SSSR count). The van der Waals surface area contributed by atoms with Gasteiger partial charge in [0, 0.05) is 15.0 Å². The van der Waals surface area contributed by atoms with E-state index in [0.717, 1.165) is 29.7 Å². The van der Waals surface area contributed by atoms with Crippen LogP contribution in [0, 0.1) is 11.3 Å². The molecule has 3 heteroatoms. The van der Waals surface area contributed by atoms with Crippen LogP contribution in [0.3, 0.4) is 0 Å². The number of hydrogen-bond acceptors (Lipinski definition) is 3. The van der Waals surface area contributed by atoms with Gasteiger partial charge in [-0.25, -0.2) is 0 Å². The van der Waals surface area contributed by atoms with Gasteiger partial charge < -0.3 is 0 Å². The van der Waals surface area contributed by atoms with Crippen molar-refractivity contribution in [2.24, 2.45) is 4.99 Å². The molecule has 0 spiro atoms. The molecular weight excluding hydrogens is 384 g/mol. The zero-order valence-electron chi connectivity index (χ0n) is 18.2. The fourth-order valence-corrected chi connectivity index (χ4v) is 4.82. The molecule has 0 amide bonds. The minimum atomic E-state index is 0.501. The van der Waals surface area contributed by atoms with Crippen molar-refractivity contribution in [2.45, 2.75) is 40.5 Å². The van der Waals surface area contributed by atoms with Gasteiger partial charge in [-0.05, 0) is 53.3 Å². The lowest BCUT2D eigenvalue weighted by Crippen LogP contribution is -1.93. The third kappa shape index (κ3) is 4.30. The summed E-state index contributed by atoms with van der Waals surface area (Å²) in [6.07, 6.45) is 8.75. The smallest absolute Gasteiger partial charge is 0.0967 e. The third-order valence-corrected chi connectivity index (χ3v) is 6.26. The molecule has 2 aromatic carbocycles. The number of rotatable bonds is 2. The molecule has 0 saturated heterocycles. The number of allylic oxidation sites excluding steroid dienone is 2. The maximum Gasteiger partial charge on any atom is 0.0967 e. The Balaban J connectivity index is 0.000000606. The summed E-state index contributed by atoms with van der Waals surface area (Å²) in [6, 6.07) is 17.4. The predicted molar refractivity (Wildman–Crippen MR) is 132 cm³/mol. The summed E-state index contributed by atoms with van der Waals surface area (Å²) in [5, 5.41) is 10.3. The molecule has 0 radical (unpaired) electrons. The number of aryl methyl sites for hydroxylation is 1. The van der Waals surface area contributed by atoms with Gasteiger partial charge in [0.25, 0.3) is 0 Å². The van der Waals surface area contributed by atoms with E-state index in [4.69, 9.17) is 5.26 Å². The lowest BCUT2D eigenvalue weighted by atomic mass is 9.98. The molecule has 0 saturated carbocycles. The molecule has 0 unspecified atom stereocenters. The number of thiophene rings is 1. The summed E-state index contributed by atoms with van der Waals surface area (Å²) < 4.78 is 1.37. The van der Waals surface area contributed by atoms with Crippen LogP contribution in [0.1, 0.15) is 50.1 Å². The Morgan fingerprint density at radius 3 is 2.33 bits per heavy atom. The third-order valence-electron chi connectivity index (χ3n) is 5.01. The van der Waals surface area contributed by atoms with Crippen molar-refractivity contribution in [1.82, 2.24) is 0 Å². The van der Waals surface area contributed by atoms with Gasteiger partial charge in [0.1, 0.15) is 0 Å². The second kappa shape index (κ2) is 10.2. The Bertz CT molecular complexity index is 1150. The SMILES string of the molecule is CC.CC.N#CC1=CC(c2ccc(-c3ccc4sc5c(c4c3)C=CCC5)cc2)=NC1. The lowest BCUT2D eigenvalue weighted by molar-refractivity contribution is 1.02. The van der Waals surface area contributed by atoms with Crippen LogP contribution in [-0.2, 0) is 6.42 Å². The Kier molecular flexibility index (Phi) is 7.38. The quantitative estimate of drug-likeness (QED) is 0.422. The zero-order chi connectivity index (χ0) is 21.5. The number of aliphatic imine (C=N–C) groups is 1. The largest absolute Gasteiger partial charge is 0.279 e. The second-order valence-corrected chi connectivity index (χ2v) is 7.79. The fourth-order valence-electron chi connectivity index (χ4n) is 3.63. The molecule has 3 aromatic rings. The number of nitriles is 1. The van der Waals surface area contributed by atoms with Crippen LogP contribution >= 0.6 is 11.3 Å². The number of hydrogen-bond donors (Lipinski definition) is 0. The number of fused-ring (bicyclic) bond motifs is 3. The maximum absolute atomic E-state index is 8.98.